The van der Waals surface area contributed by atoms with Gasteiger partial charge in [0, 0.05) is 6.54 Å². The van der Waals surface area contributed by atoms with Crippen LogP contribution in [-0.4, -0.2) is 43.7 Å². The summed E-state index contributed by atoms with van der Waals surface area (Å²) >= 11 is 0. The van der Waals surface area contributed by atoms with E-state index in [0.29, 0.717) is 19.5 Å². The van der Waals surface area contributed by atoms with Crippen molar-refractivity contribution in [1.82, 2.24) is 10.6 Å². The smallest absolute Gasteiger partial charge is 0.246 e. The van der Waals surface area contributed by atoms with Crippen LogP contribution in [0.5, 0.6) is 0 Å². The van der Waals surface area contributed by atoms with E-state index in [4.69, 9.17) is 16.2 Å². The van der Waals surface area contributed by atoms with E-state index in [1.165, 1.54) is 0 Å². The van der Waals surface area contributed by atoms with Crippen LogP contribution < -0.4 is 22.1 Å². The van der Waals surface area contributed by atoms with E-state index in [9.17, 15) is 9.59 Å². The Balaban J connectivity index is 1.89. The number of morpholine rings is 1. The molecule has 0 unspecified atom stereocenters. The lowest BCUT2D eigenvalue weighted by molar-refractivity contribution is -0.137. The van der Waals surface area contributed by atoms with Gasteiger partial charge in [0.15, 0.2) is 0 Å². The first-order chi connectivity index (χ1) is 11.6. The highest BCUT2D eigenvalue weighted by atomic mass is 16.5. The average molecular weight is 334 g/mol. The molecule has 2 rings (SSSR count). The first-order valence-corrected chi connectivity index (χ1v) is 8.31. The van der Waals surface area contributed by atoms with E-state index in [2.05, 4.69) is 10.6 Å². The topological polar surface area (TPSA) is 119 Å². The van der Waals surface area contributed by atoms with Crippen LogP contribution >= 0.6 is 0 Å². The molecule has 0 aromatic heterocycles. The molecule has 1 fully saturated rings. The van der Waals surface area contributed by atoms with Crippen molar-refractivity contribution in [3.63, 3.8) is 0 Å². The van der Waals surface area contributed by atoms with Crippen LogP contribution in [0.4, 0.5) is 0 Å². The predicted octanol–water partition coefficient (Wildman–Crippen LogP) is -0.185. The number of amides is 2. The molecule has 0 radical (unpaired) electrons. The third-order valence-corrected chi connectivity index (χ3v) is 4.06. The molecule has 1 heterocycles. The van der Waals surface area contributed by atoms with Gasteiger partial charge in [-0.3, -0.25) is 9.59 Å². The number of benzene rings is 1. The second-order valence-electron chi connectivity index (χ2n) is 5.94. The van der Waals surface area contributed by atoms with E-state index in [1.54, 1.807) is 0 Å². The van der Waals surface area contributed by atoms with E-state index in [0.717, 1.165) is 18.4 Å². The minimum atomic E-state index is -0.551. The second kappa shape index (κ2) is 9.36. The summed E-state index contributed by atoms with van der Waals surface area (Å²) in [5.74, 6) is -0.371. The molecular weight excluding hydrogens is 308 g/mol. The fourth-order valence-corrected chi connectivity index (χ4v) is 2.69. The lowest BCUT2D eigenvalue weighted by Gasteiger charge is -2.33. The van der Waals surface area contributed by atoms with Gasteiger partial charge >= 0.3 is 0 Å². The minimum absolute atomic E-state index is 0.00752. The van der Waals surface area contributed by atoms with Crippen molar-refractivity contribution >= 4 is 11.8 Å². The standard InChI is InChI=1S/C17H26N4O3/c18-9-5-4-8-13(19)17(23)20-10-14-16(21-15(22)11-24-14)12-6-2-1-3-7-12/h1-3,6-7,13-14,16H,4-5,8-11,18-19H2,(H,20,23)(H,21,22)/t13-,14+,16-/m1/s1. The van der Waals surface area contributed by atoms with Gasteiger partial charge in [-0.1, -0.05) is 36.8 Å². The van der Waals surface area contributed by atoms with Gasteiger partial charge in [0.2, 0.25) is 11.8 Å². The Morgan fingerprint density at radius 2 is 2.08 bits per heavy atom. The van der Waals surface area contributed by atoms with Gasteiger partial charge in [-0.2, -0.15) is 0 Å². The molecule has 1 aliphatic heterocycles. The molecule has 0 spiro atoms. The van der Waals surface area contributed by atoms with Gasteiger partial charge in [-0.25, -0.2) is 0 Å². The Labute approximate surface area is 142 Å². The Morgan fingerprint density at radius 1 is 1.33 bits per heavy atom. The van der Waals surface area contributed by atoms with Crippen LogP contribution in [0.25, 0.3) is 0 Å². The van der Waals surface area contributed by atoms with Crippen LogP contribution in [0.2, 0.25) is 0 Å². The van der Waals surface area contributed by atoms with E-state index < -0.39 is 6.04 Å². The van der Waals surface area contributed by atoms with Crippen LogP contribution in [-0.2, 0) is 14.3 Å². The molecule has 0 saturated carbocycles. The quantitative estimate of drug-likeness (QED) is 0.492. The van der Waals surface area contributed by atoms with Crippen LogP contribution in [0.1, 0.15) is 30.9 Å². The van der Waals surface area contributed by atoms with Crippen molar-refractivity contribution in [2.24, 2.45) is 11.5 Å². The van der Waals surface area contributed by atoms with Gasteiger partial charge in [0.1, 0.15) is 6.61 Å². The number of carbonyl (C=O) groups excluding carboxylic acids is 2. The number of hydrogen-bond donors (Lipinski definition) is 4. The Hall–Kier alpha value is -1.96. The first kappa shape index (κ1) is 18.4. The van der Waals surface area contributed by atoms with Gasteiger partial charge in [-0.15, -0.1) is 0 Å². The molecule has 7 heteroatoms. The van der Waals surface area contributed by atoms with Gasteiger partial charge < -0.3 is 26.8 Å². The summed E-state index contributed by atoms with van der Waals surface area (Å²) in [5.41, 5.74) is 12.3. The third kappa shape index (κ3) is 5.30. The highest BCUT2D eigenvalue weighted by Gasteiger charge is 2.31. The molecule has 0 aliphatic carbocycles. The predicted molar refractivity (Wildman–Crippen MR) is 91.0 cm³/mol. The fraction of sp³-hybridized carbons (Fsp3) is 0.529. The molecule has 132 valence electrons. The Morgan fingerprint density at radius 3 is 2.79 bits per heavy atom. The summed E-state index contributed by atoms with van der Waals surface area (Å²) in [4.78, 5) is 23.7. The molecule has 6 N–H and O–H groups in total. The molecule has 7 nitrogen and oxygen atoms in total. The van der Waals surface area contributed by atoms with Crippen molar-refractivity contribution < 1.29 is 14.3 Å². The van der Waals surface area contributed by atoms with Gasteiger partial charge in [0.05, 0.1) is 18.2 Å². The molecule has 1 saturated heterocycles. The zero-order valence-electron chi connectivity index (χ0n) is 13.7. The summed E-state index contributed by atoms with van der Waals surface area (Å²) < 4.78 is 5.60. The molecule has 1 aromatic rings. The van der Waals surface area contributed by atoms with E-state index in [-0.39, 0.29) is 30.6 Å². The SMILES string of the molecule is NCCCC[C@@H](N)C(=O)NC[C@@H]1OCC(=O)N[C@@H]1c1ccccc1. The summed E-state index contributed by atoms with van der Waals surface area (Å²) in [6.07, 6.45) is 1.96. The molecule has 3 atom stereocenters. The summed E-state index contributed by atoms with van der Waals surface area (Å²) in [7, 11) is 0. The summed E-state index contributed by atoms with van der Waals surface area (Å²) in [5, 5.41) is 5.74. The molecule has 0 bridgehead atoms. The lowest BCUT2D eigenvalue weighted by Crippen LogP contribution is -2.52. The van der Waals surface area contributed by atoms with Gasteiger partial charge in [0.25, 0.3) is 0 Å². The molecule has 24 heavy (non-hydrogen) atoms. The largest absolute Gasteiger partial charge is 0.364 e. The first-order valence-electron chi connectivity index (χ1n) is 8.31. The Bertz CT molecular complexity index is 538. The fourth-order valence-electron chi connectivity index (χ4n) is 2.69. The number of ether oxygens (including phenoxy) is 1. The van der Waals surface area contributed by atoms with E-state index in [1.807, 2.05) is 30.3 Å². The number of carbonyl (C=O) groups is 2. The van der Waals surface area contributed by atoms with Crippen molar-refractivity contribution in [2.75, 3.05) is 19.7 Å². The summed E-state index contributed by atoms with van der Waals surface area (Å²) in [6, 6.07) is 8.72. The van der Waals surface area contributed by atoms with Crippen molar-refractivity contribution in [3.8, 4) is 0 Å². The highest BCUT2D eigenvalue weighted by Crippen LogP contribution is 2.21. The number of nitrogens with two attached hydrogens (primary N) is 2. The number of nitrogens with one attached hydrogen (secondary N) is 2. The summed E-state index contributed by atoms with van der Waals surface area (Å²) in [6.45, 7) is 0.887. The van der Waals surface area contributed by atoms with Crippen molar-refractivity contribution in [1.29, 1.82) is 0 Å². The van der Waals surface area contributed by atoms with Crippen molar-refractivity contribution in [2.45, 2.75) is 37.5 Å². The van der Waals surface area contributed by atoms with Gasteiger partial charge in [-0.05, 0) is 24.9 Å². The number of rotatable bonds is 8. The maximum Gasteiger partial charge on any atom is 0.246 e. The average Bonchev–Trinajstić information content (AvgIpc) is 2.61. The maximum atomic E-state index is 12.1. The minimum Gasteiger partial charge on any atom is -0.364 e. The van der Waals surface area contributed by atoms with Crippen LogP contribution in [0, 0.1) is 0 Å². The molecule has 1 aliphatic rings. The molecule has 2 amide bonds. The zero-order chi connectivity index (χ0) is 17.4. The molecular formula is C17H26N4O3. The van der Waals surface area contributed by atoms with Crippen LogP contribution in [0.3, 0.4) is 0 Å². The third-order valence-electron chi connectivity index (χ3n) is 4.06. The van der Waals surface area contributed by atoms with Crippen molar-refractivity contribution in [3.05, 3.63) is 35.9 Å². The zero-order valence-corrected chi connectivity index (χ0v) is 13.7. The van der Waals surface area contributed by atoms with E-state index >= 15 is 0 Å². The number of hydrogen-bond acceptors (Lipinski definition) is 5. The van der Waals surface area contributed by atoms with Crippen LogP contribution in [0.15, 0.2) is 30.3 Å². The normalized spacial score (nSPS) is 21.8. The highest BCUT2D eigenvalue weighted by molar-refractivity contribution is 5.81. The molecule has 1 aromatic carbocycles. The number of unbranched alkanes of at least 4 members (excludes halogenated alkanes) is 1. The lowest BCUT2D eigenvalue weighted by atomic mass is 9.99. The Kier molecular flexibility index (Phi) is 7.17. The second-order valence-corrected chi connectivity index (χ2v) is 5.94. The maximum absolute atomic E-state index is 12.1. The monoisotopic (exact) mass is 334 g/mol.